The first-order chi connectivity index (χ1) is 14.1. The van der Waals surface area contributed by atoms with Gasteiger partial charge in [-0.1, -0.05) is 46.1 Å². The topological polar surface area (TPSA) is 131 Å². The summed E-state index contributed by atoms with van der Waals surface area (Å²) in [5.74, 6) is -2.34. The molecule has 0 aromatic heterocycles. The number of amides is 2. The quantitative estimate of drug-likeness (QED) is 0.135. The minimum Gasteiger partial charge on any atom is -0.460 e. The first-order valence-corrected chi connectivity index (χ1v) is 10.7. The van der Waals surface area contributed by atoms with Gasteiger partial charge in [0.25, 0.3) is 0 Å². The minimum atomic E-state index is -1.59. The molecule has 2 amide bonds. The summed E-state index contributed by atoms with van der Waals surface area (Å²) in [6, 6.07) is -3.73. The molecule has 1 heterocycles. The molecule has 3 unspecified atom stereocenters. The van der Waals surface area contributed by atoms with Crippen LogP contribution in [0.3, 0.4) is 0 Å². The van der Waals surface area contributed by atoms with Crippen molar-refractivity contribution in [1.82, 2.24) is 10.2 Å². The van der Waals surface area contributed by atoms with E-state index in [9.17, 15) is 24.3 Å². The molecule has 0 aromatic carbocycles. The van der Waals surface area contributed by atoms with Crippen LogP contribution in [0.25, 0.3) is 0 Å². The Balaban J connectivity index is 2.94. The number of hydrogen-bond acceptors (Lipinski definition) is 8. The monoisotopic (exact) mass is 442 g/mol. The second kappa shape index (κ2) is 11.6. The van der Waals surface area contributed by atoms with Gasteiger partial charge in [-0.05, 0) is 5.04 Å². The molecule has 1 aliphatic rings. The molecule has 30 heavy (non-hydrogen) atoms. The number of carbonyl (C=O) groups excluding carboxylic acids is 4. The van der Waals surface area contributed by atoms with Gasteiger partial charge < -0.3 is 29.2 Å². The largest absolute Gasteiger partial charge is 0.460 e. The van der Waals surface area contributed by atoms with Gasteiger partial charge in [-0.25, -0.2) is 9.59 Å². The molecule has 1 aliphatic heterocycles. The van der Waals surface area contributed by atoms with E-state index in [4.69, 9.17) is 13.9 Å². The molecule has 10 nitrogen and oxygen atoms in total. The van der Waals surface area contributed by atoms with Crippen molar-refractivity contribution in [3.63, 3.8) is 0 Å². The van der Waals surface area contributed by atoms with Gasteiger partial charge in [-0.15, -0.1) is 0 Å². The van der Waals surface area contributed by atoms with Crippen LogP contribution in [0.5, 0.6) is 0 Å². The fourth-order valence-corrected chi connectivity index (χ4v) is 3.61. The summed E-state index contributed by atoms with van der Waals surface area (Å²) >= 11 is 0. The molecule has 3 atom stereocenters. The number of β-lactam (4-membered cyclic amide) rings is 1. The number of ketones is 1. The molecule has 0 saturated carbocycles. The Bertz CT molecular complexity index is 676. The van der Waals surface area contributed by atoms with Crippen LogP contribution in [0, 0.1) is 0 Å². The lowest BCUT2D eigenvalue weighted by Crippen LogP contribution is -2.76. The van der Waals surface area contributed by atoms with Gasteiger partial charge in [0.05, 0.1) is 19.3 Å². The van der Waals surface area contributed by atoms with Crippen LogP contribution in [0.2, 0.25) is 5.04 Å². The zero-order valence-electron chi connectivity index (χ0n) is 17.6. The maximum Gasteiger partial charge on any atom is 0.408 e. The lowest BCUT2D eigenvalue weighted by atomic mass is 9.91. The van der Waals surface area contributed by atoms with Gasteiger partial charge in [0.2, 0.25) is 5.91 Å². The zero-order valence-corrected chi connectivity index (χ0v) is 19.0. The second-order valence-corrected chi connectivity index (χ2v) is 10.7. The van der Waals surface area contributed by atoms with Gasteiger partial charge in [-0.3, -0.25) is 9.59 Å². The standard InChI is InChI=1S/C19H30N2O8Si/c1-6-8-27-17(25)15(13(23)11-29-30-19(3,4)5)21-12(10-22)14(16(21)24)20-18(26)28-9-7-2/h6-7,12,14-15,22H,1-2,8-11,30H2,3-5H3,(H,20,26). The van der Waals surface area contributed by atoms with Crippen LogP contribution in [0.4, 0.5) is 4.79 Å². The van der Waals surface area contributed by atoms with Gasteiger partial charge in [-0.2, -0.15) is 0 Å². The van der Waals surface area contributed by atoms with Crippen molar-refractivity contribution in [2.75, 3.05) is 26.4 Å². The molecular weight excluding hydrogens is 412 g/mol. The fraction of sp³-hybridized carbons (Fsp3) is 0.579. The Labute approximate surface area is 178 Å². The molecule has 0 aromatic rings. The Morgan fingerprint density at radius 2 is 1.83 bits per heavy atom. The number of carbonyl (C=O) groups is 4. The smallest absolute Gasteiger partial charge is 0.408 e. The highest BCUT2D eigenvalue weighted by atomic mass is 28.2. The number of rotatable bonds is 12. The predicted octanol–water partition coefficient (Wildman–Crippen LogP) is -0.544. The Morgan fingerprint density at radius 3 is 2.37 bits per heavy atom. The molecule has 2 N–H and O–H groups in total. The predicted molar refractivity (Wildman–Crippen MR) is 110 cm³/mol. The van der Waals surface area contributed by atoms with E-state index >= 15 is 0 Å². The van der Waals surface area contributed by atoms with Crippen molar-refractivity contribution < 1.29 is 38.2 Å². The average molecular weight is 443 g/mol. The van der Waals surface area contributed by atoms with Crippen LogP contribution in [0.15, 0.2) is 25.3 Å². The number of ether oxygens (including phenoxy) is 2. The van der Waals surface area contributed by atoms with Crippen molar-refractivity contribution in [3.05, 3.63) is 25.3 Å². The van der Waals surface area contributed by atoms with E-state index in [1.807, 2.05) is 20.8 Å². The number of alkyl carbamates (subject to hydrolysis) is 1. The molecule has 0 aliphatic carbocycles. The SMILES string of the molecule is C=CCOC(=O)NC1C(=O)N(C(C(=O)CO[SiH2]C(C)(C)C)C(=O)OCC=C)C1CO. The van der Waals surface area contributed by atoms with E-state index in [0.29, 0.717) is 0 Å². The molecule has 0 spiro atoms. The fourth-order valence-electron chi connectivity index (χ4n) is 2.70. The summed E-state index contributed by atoms with van der Waals surface area (Å²) in [6.45, 7) is 11.6. The van der Waals surface area contributed by atoms with Crippen LogP contribution in [0.1, 0.15) is 20.8 Å². The van der Waals surface area contributed by atoms with Crippen molar-refractivity contribution in [2.24, 2.45) is 0 Å². The summed E-state index contributed by atoms with van der Waals surface area (Å²) < 4.78 is 15.2. The van der Waals surface area contributed by atoms with E-state index in [2.05, 4.69) is 18.5 Å². The minimum absolute atomic E-state index is 0.0652. The lowest BCUT2D eigenvalue weighted by Gasteiger charge is -2.48. The second-order valence-electron chi connectivity index (χ2n) is 7.85. The Kier molecular flexibility index (Phi) is 9.89. The number of aliphatic hydroxyl groups is 1. The normalized spacial score (nSPS) is 19.7. The molecular formula is C19H30N2O8Si. The Morgan fingerprint density at radius 1 is 1.23 bits per heavy atom. The van der Waals surface area contributed by atoms with Gasteiger partial charge in [0.1, 0.15) is 19.3 Å². The number of Topliss-reactive ketones (excluding diaryl/α,β-unsaturated/α-hetero) is 1. The first-order valence-electron chi connectivity index (χ1n) is 9.42. The third-order valence-electron chi connectivity index (χ3n) is 3.98. The lowest BCUT2D eigenvalue weighted by molar-refractivity contribution is -0.173. The number of nitrogens with one attached hydrogen (secondary N) is 1. The average Bonchev–Trinajstić information content (AvgIpc) is 2.67. The van der Waals surface area contributed by atoms with E-state index in [-0.39, 0.29) is 24.9 Å². The summed E-state index contributed by atoms with van der Waals surface area (Å²) in [5.41, 5.74) is 0. The third kappa shape index (κ3) is 7.08. The van der Waals surface area contributed by atoms with Gasteiger partial charge in [0.15, 0.2) is 21.6 Å². The highest BCUT2D eigenvalue weighted by Crippen LogP contribution is 2.25. The maximum atomic E-state index is 12.7. The number of esters is 1. The third-order valence-corrected chi connectivity index (χ3v) is 5.26. The molecule has 1 saturated heterocycles. The summed E-state index contributed by atoms with van der Waals surface area (Å²) in [7, 11) is -1.07. The van der Waals surface area contributed by atoms with E-state index in [1.165, 1.54) is 12.2 Å². The highest BCUT2D eigenvalue weighted by Gasteiger charge is 2.55. The van der Waals surface area contributed by atoms with Gasteiger partial charge >= 0.3 is 12.1 Å². The van der Waals surface area contributed by atoms with Crippen LogP contribution in [-0.4, -0.2) is 88.1 Å². The Hall–Kier alpha value is -2.50. The summed E-state index contributed by atoms with van der Waals surface area (Å²) in [6.07, 6.45) is 1.79. The first kappa shape index (κ1) is 25.5. The van der Waals surface area contributed by atoms with E-state index < -0.39 is 58.2 Å². The van der Waals surface area contributed by atoms with Crippen molar-refractivity contribution in [3.8, 4) is 0 Å². The van der Waals surface area contributed by atoms with Crippen molar-refractivity contribution >= 4 is 33.5 Å². The number of aliphatic hydroxyl groups excluding tert-OH is 1. The molecule has 1 fully saturated rings. The van der Waals surface area contributed by atoms with Crippen molar-refractivity contribution in [1.29, 1.82) is 0 Å². The van der Waals surface area contributed by atoms with Crippen molar-refractivity contribution in [2.45, 2.75) is 43.9 Å². The molecule has 0 bridgehead atoms. The van der Waals surface area contributed by atoms with Gasteiger partial charge in [0, 0.05) is 0 Å². The van der Waals surface area contributed by atoms with E-state index in [0.717, 1.165) is 4.90 Å². The van der Waals surface area contributed by atoms with Crippen LogP contribution >= 0.6 is 0 Å². The molecule has 0 radical (unpaired) electrons. The molecule has 168 valence electrons. The summed E-state index contributed by atoms with van der Waals surface area (Å²) in [4.78, 5) is 50.4. The zero-order chi connectivity index (χ0) is 22.9. The van der Waals surface area contributed by atoms with Crippen LogP contribution < -0.4 is 5.32 Å². The molecule has 1 rings (SSSR count). The summed E-state index contributed by atoms with van der Waals surface area (Å²) in [5, 5.41) is 11.9. The number of hydrogen-bond donors (Lipinski definition) is 2. The number of likely N-dealkylation sites (tertiary alicyclic amines) is 1. The van der Waals surface area contributed by atoms with Crippen LogP contribution in [-0.2, 0) is 28.3 Å². The highest BCUT2D eigenvalue weighted by molar-refractivity contribution is 6.32. The molecule has 11 heteroatoms. The van der Waals surface area contributed by atoms with E-state index in [1.54, 1.807) is 0 Å². The maximum absolute atomic E-state index is 12.7. The number of nitrogens with zero attached hydrogens (tertiary/aromatic N) is 1.